The van der Waals surface area contributed by atoms with Crippen LogP contribution in [-0.2, 0) is 9.84 Å². The van der Waals surface area contributed by atoms with E-state index in [2.05, 4.69) is 15.6 Å². The van der Waals surface area contributed by atoms with Crippen molar-refractivity contribution in [3.05, 3.63) is 29.3 Å². The van der Waals surface area contributed by atoms with Gasteiger partial charge in [0, 0.05) is 42.1 Å². The van der Waals surface area contributed by atoms with E-state index in [9.17, 15) is 8.42 Å². The van der Waals surface area contributed by atoms with E-state index in [0.29, 0.717) is 19.0 Å². The molecule has 0 aliphatic heterocycles. The zero-order valence-corrected chi connectivity index (χ0v) is 19.0. The average Bonchev–Trinajstić information content (AvgIpc) is 2.47. The molecule has 1 aromatic carbocycles. The molecule has 0 fully saturated rings. The maximum Gasteiger partial charge on any atom is 0.191 e. The van der Waals surface area contributed by atoms with Gasteiger partial charge in [-0.15, -0.1) is 35.7 Å². The SMILES string of the molecule is CN=C(NCCSc1ccc(Cl)cc1)NCC(C)(C)S(C)(=O)=O.I. The monoisotopic (exact) mass is 505 g/mol. The Labute approximate surface area is 171 Å². The number of halogens is 2. The quantitative estimate of drug-likeness (QED) is 0.196. The van der Waals surface area contributed by atoms with Gasteiger partial charge in [-0.1, -0.05) is 11.6 Å². The van der Waals surface area contributed by atoms with Crippen LogP contribution < -0.4 is 10.6 Å². The van der Waals surface area contributed by atoms with Crippen molar-refractivity contribution in [2.24, 2.45) is 4.99 Å². The van der Waals surface area contributed by atoms with Crippen molar-refractivity contribution in [1.82, 2.24) is 10.6 Å². The second-order valence-electron chi connectivity index (χ2n) is 5.69. The largest absolute Gasteiger partial charge is 0.356 e. The Balaban J connectivity index is 0.00000529. The molecule has 0 bridgehead atoms. The minimum atomic E-state index is -3.13. The van der Waals surface area contributed by atoms with Crippen LogP contribution in [0.15, 0.2) is 34.2 Å². The van der Waals surface area contributed by atoms with E-state index in [1.54, 1.807) is 32.7 Å². The van der Waals surface area contributed by atoms with Gasteiger partial charge in [0.1, 0.15) is 0 Å². The van der Waals surface area contributed by atoms with Crippen molar-refractivity contribution in [2.75, 3.05) is 32.1 Å². The predicted octanol–water partition coefficient (Wildman–Crippen LogP) is 3.04. The molecule has 0 amide bonds. The first-order valence-electron chi connectivity index (χ1n) is 7.18. The van der Waals surface area contributed by atoms with Crippen LogP contribution in [-0.4, -0.2) is 51.3 Å². The van der Waals surface area contributed by atoms with Crippen LogP contribution in [0.4, 0.5) is 0 Å². The summed E-state index contributed by atoms with van der Waals surface area (Å²) in [5, 5.41) is 6.96. The molecule has 1 aromatic rings. The van der Waals surface area contributed by atoms with Crippen molar-refractivity contribution in [1.29, 1.82) is 0 Å². The van der Waals surface area contributed by atoms with Crippen molar-refractivity contribution in [3.8, 4) is 0 Å². The number of thioether (sulfide) groups is 1. The number of nitrogens with one attached hydrogen (secondary N) is 2. The second-order valence-corrected chi connectivity index (χ2v) is 9.94. The third-order valence-corrected chi connectivity index (χ3v) is 6.80. The van der Waals surface area contributed by atoms with Crippen molar-refractivity contribution >= 4 is 63.1 Å². The predicted molar refractivity (Wildman–Crippen MR) is 116 cm³/mol. The Morgan fingerprint density at radius 2 is 1.83 bits per heavy atom. The van der Waals surface area contributed by atoms with Crippen LogP contribution in [0.3, 0.4) is 0 Å². The second kappa shape index (κ2) is 10.7. The number of nitrogens with zero attached hydrogens (tertiary/aromatic N) is 1. The maximum atomic E-state index is 11.7. The minimum Gasteiger partial charge on any atom is -0.356 e. The van der Waals surface area contributed by atoms with E-state index >= 15 is 0 Å². The number of rotatable bonds is 7. The normalized spacial score (nSPS) is 12.5. The fourth-order valence-corrected chi connectivity index (χ4v) is 2.75. The van der Waals surface area contributed by atoms with Crippen LogP contribution >= 0.6 is 47.3 Å². The summed E-state index contributed by atoms with van der Waals surface area (Å²) in [7, 11) is -1.47. The summed E-state index contributed by atoms with van der Waals surface area (Å²) in [5.74, 6) is 1.45. The molecule has 0 saturated heterocycles. The Hall–Kier alpha value is -0.190. The first kappa shape index (κ1) is 23.8. The molecule has 24 heavy (non-hydrogen) atoms. The van der Waals surface area contributed by atoms with Crippen LogP contribution in [0.2, 0.25) is 5.02 Å². The molecule has 0 saturated carbocycles. The highest BCUT2D eigenvalue weighted by Crippen LogP contribution is 2.19. The Morgan fingerprint density at radius 1 is 1.25 bits per heavy atom. The minimum absolute atomic E-state index is 0. The van der Waals surface area contributed by atoms with E-state index in [4.69, 9.17) is 11.6 Å². The Bertz CT molecular complexity index is 635. The molecular weight excluding hydrogens is 481 g/mol. The smallest absolute Gasteiger partial charge is 0.191 e. The number of sulfone groups is 1. The van der Waals surface area contributed by atoms with Gasteiger partial charge >= 0.3 is 0 Å². The van der Waals surface area contributed by atoms with Crippen molar-refractivity contribution < 1.29 is 8.42 Å². The summed E-state index contributed by atoms with van der Waals surface area (Å²) in [6.45, 7) is 4.40. The summed E-state index contributed by atoms with van der Waals surface area (Å²) in [5.41, 5.74) is 0. The third kappa shape index (κ3) is 8.26. The molecule has 0 aliphatic rings. The molecule has 138 valence electrons. The first-order chi connectivity index (χ1) is 10.7. The van der Waals surface area contributed by atoms with Gasteiger partial charge in [-0.25, -0.2) is 8.42 Å². The molecule has 0 atom stereocenters. The molecule has 9 heteroatoms. The van der Waals surface area contributed by atoms with Gasteiger partial charge in [0.15, 0.2) is 15.8 Å². The number of guanidine groups is 1. The summed E-state index contributed by atoms with van der Waals surface area (Å²) < 4.78 is 22.5. The number of aliphatic imine (C=N–C) groups is 1. The van der Waals surface area contributed by atoms with Crippen LogP contribution in [0.25, 0.3) is 0 Å². The summed E-state index contributed by atoms with van der Waals surface area (Å²) in [6.07, 6.45) is 1.24. The zero-order chi connectivity index (χ0) is 17.5. The number of hydrogen-bond acceptors (Lipinski definition) is 4. The number of hydrogen-bond donors (Lipinski definition) is 2. The van der Waals surface area contributed by atoms with Crippen LogP contribution in [0, 0.1) is 0 Å². The van der Waals surface area contributed by atoms with Crippen molar-refractivity contribution in [3.63, 3.8) is 0 Å². The highest BCUT2D eigenvalue weighted by molar-refractivity contribution is 14.0. The molecule has 0 radical (unpaired) electrons. The lowest BCUT2D eigenvalue weighted by Crippen LogP contribution is -2.48. The van der Waals surface area contributed by atoms with Gasteiger partial charge in [-0.2, -0.15) is 0 Å². The molecule has 0 unspecified atom stereocenters. The van der Waals surface area contributed by atoms with E-state index < -0.39 is 14.6 Å². The molecule has 2 N–H and O–H groups in total. The average molecular weight is 506 g/mol. The highest BCUT2D eigenvalue weighted by Gasteiger charge is 2.30. The lowest BCUT2D eigenvalue weighted by molar-refractivity contribution is 0.544. The standard InChI is InChI=1S/C15H24ClN3O2S2.HI/c1-15(2,23(4,20)21)11-19-14(17-3)18-9-10-22-13-7-5-12(16)6-8-13;/h5-8H,9-11H2,1-4H3,(H2,17,18,19);1H. The Kier molecular flexibility index (Phi) is 10.6. The molecule has 0 spiro atoms. The van der Waals surface area contributed by atoms with E-state index in [0.717, 1.165) is 15.7 Å². The summed E-state index contributed by atoms with van der Waals surface area (Å²) >= 11 is 7.56. The zero-order valence-electron chi connectivity index (χ0n) is 14.3. The molecule has 1 rings (SSSR count). The Morgan fingerprint density at radius 3 is 2.33 bits per heavy atom. The van der Waals surface area contributed by atoms with E-state index in [1.807, 2.05) is 24.3 Å². The van der Waals surface area contributed by atoms with Gasteiger partial charge in [0.25, 0.3) is 0 Å². The van der Waals surface area contributed by atoms with Gasteiger partial charge < -0.3 is 10.6 Å². The lowest BCUT2D eigenvalue weighted by Gasteiger charge is -2.24. The first-order valence-corrected chi connectivity index (χ1v) is 10.4. The number of benzene rings is 1. The molecule has 5 nitrogen and oxygen atoms in total. The van der Waals surface area contributed by atoms with Gasteiger partial charge in [0.2, 0.25) is 0 Å². The van der Waals surface area contributed by atoms with Crippen molar-refractivity contribution in [2.45, 2.75) is 23.5 Å². The lowest BCUT2D eigenvalue weighted by atomic mass is 10.2. The molecule has 0 aliphatic carbocycles. The van der Waals surface area contributed by atoms with Crippen LogP contribution in [0.1, 0.15) is 13.8 Å². The van der Waals surface area contributed by atoms with Gasteiger partial charge in [-0.05, 0) is 38.1 Å². The fraction of sp³-hybridized carbons (Fsp3) is 0.533. The summed E-state index contributed by atoms with van der Waals surface area (Å²) in [6, 6.07) is 7.69. The van der Waals surface area contributed by atoms with Gasteiger partial charge in [0.05, 0.1) is 4.75 Å². The molecule has 0 aromatic heterocycles. The van der Waals surface area contributed by atoms with E-state index in [1.165, 1.54) is 6.26 Å². The van der Waals surface area contributed by atoms with Gasteiger partial charge in [-0.3, -0.25) is 4.99 Å². The highest BCUT2D eigenvalue weighted by atomic mass is 127. The van der Waals surface area contributed by atoms with Crippen LogP contribution in [0.5, 0.6) is 0 Å². The fourth-order valence-electron chi connectivity index (χ4n) is 1.52. The molecular formula is C15H25ClIN3O2S2. The molecule has 0 heterocycles. The van der Waals surface area contributed by atoms with E-state index in [-0.39, 0.29) is 24.0 Å². The third-order valence-electron chi connectivity index (χ3n) is 3.39. The maximum absolute atomic E-state index is 11.7. The summed E-state index contributed by atoms with van der Waals surface area (Å²) in [4.78, 5) is 5.25. The topological polar surface area (TPSA) is 70.6 Å².